The van der Waals surface area contributed by atoms with Crippen LogP contribution in [0.5, 0.6) is 0 Å². The molecule has 0 aromatic rings. The Kier molecular flexibility index (Phi) is 6.52. The van der Waals surface area contributed by atoms with Crippen LogP contribution in [0.15, 0.2) is 0 Å². The van der Waals surface area contributed by atoms with Gasteiger partial charge >= 0.3 is 5.97 Å². The first-order valence-corrected chi connectivity index (χ1v) is 6.75. The molecule has 1 rings (SSSR count). The van der Waals surface area contributed by atoms with E-state index in [1.165, 1.54) is 32.5 Å². The van der Waals surface area contributed by atoms with Crippen LogP contribution in [0.25, 0.3) is 0 Å². The highest BCUT2D eigenvalue weighted by Gasteiger charge is 2.15. The van der Waals surface area contributed by atoms with E-state index in [1.54, 1.807) is 0 Å². The maximum absolute atomic E-state index is 10.4. The first-order valence-electron chi connectivity index (χ1n) is 6.75. The zero-order chi connectivity index (χ0) is 12.7. The van der Waals surface area contributed by atoms with E-state index >= 15 is 0 Å². The van der Waals surface area contributed by atoms with Crippen LogP contribution in [-0.2, 0) is 4.79 Å². The second kappa shape index (κ2) is 7.67. The lowest BCUT2D eigenvalue weighted by molar-refractivity contribution is -0.137. The Hall–Kier alpha value is -0.610. The zero-order valence-corrected chi connectivity index (χ0v) is 11.1. The number of rotatable bonds is 8. The van der Waals surface area contributed by atoms with Crippen molar-refractivity contribution in [2.24, 2.45) is 5.92 Å². The van der Waals surface area contributed by atoms with Crippen LogP contribution in [0.3, 0.4) is 0 Å². The molecule has 0 saturated carbocycles. The number of carbonyl (C=O) groups is 1. The molecular weight excluding hydrogens is 216 g/mol. The van der Waals surface area contributed by atoms with Crippen LogP contribution >= 0.6 is 0 Å². The van der Waals surface area contributed by atoms with Crippen LogP contribution in [-0.4, -0.2) is 48.2 Å². The van der Waals surface area contributed by atoms with Gasteiger partial charge in [-0.25, -0.2) is 0 Å². The Labute approximate surface area is 104 Å². The van der Waals surface area contributed by atoms with E-state index in [1.807, 2.05) is 0 Å². The van der Waals surface area contributed by atoms with E-state index in [0.717, 1.165) is 6.54 Å². The number of nitrogens with zero attached hydrogens (tertiary/aromatic N) is 1. The van der Waals surface area contributed by atoms with Gasteiger partial charge in [0.1, 0.15) is 0 Å². The third kappa shape index (κ3) is 6.64. The number of likely N-dealkylation sites (tertiary alicyclic amines) is 1. The molecule has 0 aromatic carbocycles. The average molecular weight is 242 g/mol. The summed E-state index contributed by atoms with van der Waals surface area (Å²) in [5.41, 5.74) is 0. The third-order valence-corrected chi connectivity index (χ3v) is 3.37. The molecule has 0 amide bonds. The van der Waals surface area contributed by atoms with Crippen molar-refractivity contribution in [2.75, 3.05) is 26.2 Å². The Morgan fingerprint density at radius 2 is 2.00 bits per heavy atom. The normalized spacial score (nSPS) is 20.4. The van der Waals surface area contributed by atoms with Gasteiger partial charge in [0.15, 0.2) is 0 Å². The van der Waals surface area contributed by atoms with Gasteiger partial charge in [-0.15, -0.1) is 0 Å². The molecule has 0 radical (unpaired) electrons. The van der Waals surface area contributed by atoms with E-state index in [0.29, 0.717) is 18.4 Å². The van der Waals surface area contributed by atoms with E-state index in [9.17, 15) is 4.79 Å². The predicted molar refractivity (Wildman–Crippen MR) is 69.2 cm³/mol. The number of carboxylic acids is 1. The number of hydrogen-bond acceptors (Lipinski definition) is 3. The molecule has 17 heavy (non-hydrogen) atoms. The fraction of sp³-hybridized carbons (Fsp3) is 0.923. The highest BCUT2D eigenvalue weighted by atomic mass is 16.4. The molecule has 1 fully saturated rings. The van der Waals surface area contributed by atoms with Gasteiger partial charge in [0.05, 0.1) is 0 Å². The molecule has 2 N–H and O–H groups in total. The summed E-state index contributed by atoms with van der Waals surface area (Å²) in [4.78, 5) is 13.0. The van der Waals surface area contributed by atoms with E-state index in [-0.39, 0.29) is 6.42 Å². The first kappa shape index (κ1) is 14.5. The van der Waals surface area contributed by atoms with Gasteiger partial charge in [-0.3, -0.25) is 4.79 Å². The lowest BCUT2D eigenvalue weighted by Crippen LogP contribution is -2.35. The first-order chi connectivity index (χ1) is 8.08. The van der Waals surface area contributed by atoms with Gasteiger partial charge in [-0.2, -0.15) is 0 Å². The summed E-state index contributed by atoms with van der Waals surface area (Å²) in [7, 11) is 0. The van der Waals surface area contributed by atoms with Crippen molar-refractivity contribution >= 4 is 5.97 Å². The Bertz CT molecular complexity index is 227. The second-order valence-electron chi connectivity index (χ2n) is 5.35. The molecule has 1 saturated heterocycles. The molecule has 0 spiro atoms. The fourth-order valence-electron chi connectivity index (χ4n) is 2.31. The summed E-state index contributed by atoms with van der Waals surface area (Å²) in [6.07, 6.45) is 3.66. The van der Waals surface area contributed by atoms with E-state index in [4.69, 9.17) is 5.11 Å². The SMILES string of the molecule is CC(CNC(C)CCC(=O)O)CN1CCCC1. The largest absolute Gasteiger partial charge is 0.481 e. The minimum atomic E-state index is -0.705. The molecule has 2 unspecified atom stereocenters. The minimum absolute atomic E-state index is 0.259. The highest BCUT2D eigenvalue weighted by Crippen LogP contribution is 2.10. The third-order valence-electron chi connectivity index (χ3n) is 3.37. The summed E-state index contributed by atoms with van der Waals surface area (Å²) < 4.78 is 0. The van der Waals surface area contributed by atoms with Gasteiger partial charge in [0, 0.05) is 19.0 Å². The number of nitrogens with one attached hydrogen (secondary N) is 1. The van der Waals surface area contributed by atoms with Crippen molar-refractivity contribution in [2.45, 2.75) is 45.6 Å². The van der Waals surface area contributed by atoms with Gasteiger partial charge in [0.2, 0.25) is 0 Å². The zero-order valence-electron chi connectivity index (χ0n) is 11.1. The van der Waals surface area contributed by atoms with Crippen molar-refractivity contribution in [1.82, 2.24) is 10.2 Å². The molecule has 100 valence electrons. The standard InChI is InChI=1S/C13H26N2O2/c1-11(10-15-7-3-4-8-15)9-14-12(2)5-6-13(16)17/h11-12,14H,3-10H2,1-2H3,(H,16,17). The molecule has 0 aliphatic carbocycles. The smallest absolute Gasteiger partial charge is 0.303 e. The molecule has 1 aliphatic rings. The summed E-state index contributed by atoms with van der Waals surface area (Å²) >= 11 is 0. The summed E-state index contributed by atoms with van der Waals surface area (Å²) in [6.45, 7) is 8.97. The van der Waals surface area contributed by atoms with Crippen LogP contribution in [0.1, 0.15) is 39.5 Å². The van der Waals surface area contributed by atoms with E-state index in [2.05, 4.69) is 24.1 Å². The maximum atomic E-state index is 10.4. The van der Waals surface area contributed by atoms with Gasteiger partial charge in [0.25, 0.3) is 0 Å². The average Bonchev–Trinajstić information content (AvgIpc) is 2.76. The molecule has 4 nitrogen and oxygen atoms in total. The molecule has 1 aliphatic heterocycles. The van der Waals surface area contributed by atoms with Gasteiger partial charge in [-0.05, 0) is 51.7 Å². The van der Waals surface area contributed by atoms with Crippen molar-refractivity contribution < 1.29 is 9.90 Å². The molecule has 4 heteroatoms. The maximum Gasteiger partial charge on any atom is 0.303 e. The quantitative estimate of drug-likeness (QED) is 0.678. The van der Waals surface area contributed by atoms with Crippen molar-refractivity contribution in [3.05, 3.63) is 0 Å². The van der Waals surface area contributed by atoms with Crippen LogP contribution in [0, 0.1) is 5.92 Å². The Morgan fingerprint density at radius 1 is 1.35 bits per heavy atom. The van der Waals surface area contributed by atoms with Crippen LogP contribution in [0.2, 0.25) is 0 Å². The molecule has 0 bridgehead atoms. The summed E-state index contributed by atoms with van der Waals surface area (Å²) in [5.74, 6) is -0.0656. The Morgan fingerprint density at radius 3 is 2.59 bits per heavy atom. The highest BCUT2D eigenvalue weighted by molar-refractivity contribution is 5.66. The topological polar surface area (TPSA) is 52.6 Å². The summed E-state index contributed by atoms with van der Waals surface area (Å²) in [6, 6.07) is 0.298. The Balaban J connectivity index is 2.05. The fourth-order valence-corrected chi connectivity index (χ4v) is 2.31. The monoisotopic (exact) mass is 242 g/mol. The lowest BCUT2D eigenvalue weighted by Gasteiger charge is -2.22. The van der Waals surface area contributed by atoms with Crippen LogP contribution in [0.4, 0.5) is 0 Å². The molecule has 0 aromatic heterocycles. The number of hydrogen-bond donors (Lipinski definition) is 2. The van der Waals surface area contributed by atoms with Crippen molar-refractivity contribution in [1.29, 1.82) is 0 Å². The van der Waals surface area contributed by atoms with Gasteiger partial charge in [-0.1, -0.05) is 6.92 Å². The van der Waals surface area contributed by atoms with Crippen molar-refractivity contribution in [3.63, 3.8) is 0 Å². The molecule has 1 heterocycles. The minimum Gasteiger partial charge on any atom is -0.481 e. The predicted octanol–water partition coefficient (Wildman–Crippen LogP) is 1.56. The number of aliphatic carboxylic acids is 1. The van der Waals surface area contributed by atoms with Crippen molar-refractivity contribution in [3.8, 4) is 0 Å². The number of carboxylic acid groups (broad SMARTS) is 1. The van der Waals surface area contributed by atoms with Crippen LogP contribution < -0.4 is 5.32 Å². The lowest BCUT2D eigenvalue weighted by atomic mass is 10.1. The van der Waals surface area contributed by atoms with Gasteiger partial charge < -0.3 is 15.3 Å². The summed E-state index contributed by atoms with van der Waals surface area (Å²) in [5, 5.41) is 12.0. The molecular formula is C13H26N2O2. The molecule has 2 atom stereocenters. The second-order valence-corrected chi connectivity index (χ2v) is 5.35. The van der Waals surface area contributed by atoms with E-state index < -0.39 is 5.97 Å².